The molecule has 1 heterocycles. The van der Waals surface area contributed by atoms with Crippen LogP contribution in [0.25, 0.3) is 49.7 Å². The fraction of sp³-hybridized carbons (Fsp3) is 0.0182. The molecule has 268 valence electrons. The van der Waals surface area contributed by atoms with Crippen LogP contribution in [0.15, 0.2) is 231 Å². The van der Waals surface area contributed by atoms with Crippen molar-refractivity contribution in [1.29, 1.82) is 0 Å². The zero-order valence-corrected chi connectivity index (χ0v) is 31.3. The van der Waals surface area contributed by atoms with Crippen molar-refractivity contribution < 1.29 is 0 Å². The van der Waals surface area contributed by atoms with E-state index < -0.39 is 5.41 Å². The van der Waals surface area contributed by atoms with E-state index in [1.807, 2.05) is 0 Å². The van der Waals surface area contributed by atoms with Gasteiger partial charge in [-0.3, -0.25) is 0 Å². The van der Waals surface area contributed by atoms with Crippen LogP contribution >= 0.6 is 0 Å². The maximum Gasteiger partial charge on any atom is 0.0714 e. The quantitative estimate of drug-likeness (QED) is 0.159. The Bertz CT molecular complexity index is 3000. The van der Waals surface area contributed by atoms with Gasteiger partial charge >= 0.3 is 0 Å². The molecule has 0 saturated heterocycles. The molecule has 1 aliphatic carbocycles. The fourth-order valence-electron chi connectivity index (χ4n) is 9.57. The van der Waals surface area contributed by atoms with Gasteiger partial charge in [0.15, 0.2) is 0 Å². The molecule has 0 spiro atoms. The molecule has 0 atom stereocenters. The average Bonchev–Trinajstić information content (AvgIpc) is 3.79. The lowest BCUT2D eigenvalue weighted by molar-refractivity contribution is 0.768. The Kier molecular flexibility index (Phi) is 7.75. The minimum absolute atomic E-state index is 0.496. The molecule has 0 radical (unpaired) electrons. The van der Waals surface area contributed by atoms with E-state index in [0.29, 0.717) is 0 Å². The largest absolute Gasteiger partial charge is 0.310 e. The van der Waals surface area contributed by atoms with Gasteiger partial charge in [-0.1, -0.05) is 182 Å². The van der Waals surface area contributed by atoms with Gasteiger partial charge in [0.2, 0.25) is 0 Å². The first kappa shape index (κ1) is 33.0. The zero-order valence-electron chi connectivity index (χ0n) is 31.3. The van der Waals surface area contributed by atoms with E-state index in [2.05, 4.69) is 240 Å². The highest BCUT2D eigenvalue weighted by Crippen LogP contribution is 2.59. The van der Waals surface area contributed by atoms with Crippen LogP contribution in [0.3, 0.4) is 0 Å². The van der Waals surface area contributed by atoms with E-state index in [0.717, 1.165) is 28.3 Å². The van der Waals surface area contributed by atoms with Crippen molar-refractivity contribution in [2.24, 2.45) is 0 Å². The molecule has 0 unspecified atom stereocenters. The molecule has 1 aromatic heterocycles. The van der Waals surface area contributed by atoms with Crippen molar-refractivity contribution in [3.05, 3.63) is 253 Å². The van der Waals surface area contributed by atoms with Crippen LogP contribution in [0.4, 0.5) is 17.1 Å². The van der Waals surface area contributed by atoms with E-state index in [9.17, 15) is 0 Å². The summed E-state index contributed by atoms with van der Waals surface area (Å²) in [6.07, 6.45) is 0. The summed E-state index contributed by atoms with van der Waals surface area (Å²) < 4.78 is 2.43. The molecule has 0 N–H and O–H groups in total. The highest BCUT2D eigenvalue weighted by atomic mass is 15.1. The molecule has 0 aliphatic heterocycles. The molecular weight excluding hydrogens is 689 g/mol. The first-order valence-corrected chi connectivity index (χ1v) is 19.7. The van der Waals surface area contributed by atoms with Crippen molar-refractivity contribution in [1.82, 2.24) is 4.57 Å². The smallest absolute Gasteiger partial charge is 0.0714 e. The lowest BCUT2D eigenvalue weighted by Crippen LogP contribution is -2.28. The summed E-state index contributed by atoms with van der Waals surface area (Å²) in [7, 11) is 0. The second-order valence-corrected chi connectivity index (χ2v) is 14.8. The van der Waals surface area contributed by atoms with Crippen LogP contribution in [0.5, 0.6) is 0 Å². The van der Waals surface area contributed by atoms with Crippen LogP contribution in [-0.2, 0) is 5.41 Å². The third-order valence-electron chi connectivity index (χ3n) is 11.8. The normalized spacial score (nSPS) is 12.7. The second-order valence-electron chi connectivity index (χ2n) is 14.8. The summed E-state index contributed by atoms with van der Waals surface area (Å²) in [4.78, 5) is 2.46. The fourth-order valence-corrected chi connectivity index (χ4v) is 9.57. The summed E-state index contributed by atoms with van der Waals surface area (Å²) in [5.41, 5.74) is 16.4. The molecular formula is C55H38N2. The number of benzene rings is 9. The molecule has 57 heavy (non-hydrogen) atoms. The maximum atomic E-state index is 2.46. The number of fused-ring (bicyclic) bond motifs is 6. The van der Waals surface area contributed by atoms with Crippen LogP contribution < -0.4 is 4.90 Å². The van der Waals surface area contributed by atoms with Crippen LogP contribution in [0, 0.1) is 0 Å². The Morgan fingerprint density at radius 1 is 0.386 bits per heavy atom. The molecule has 2 heteroatoms. The Hall–Kier alpha value is -7.42. The van der Waals surface area contributed by atoms with Crippen molar-refractivity contribution in [2.45, 2.75) is 5.41 Å². The first-order valence-electron chi connectivity index (χ1n) is 19.7. The van der Waals surface area contributed by atoms with Gasteiger partial charge in [0.05, 0.1) is 22.1 Å². The standard InChI is InChI=1S/C55H38N2/c1-6-20-39(21-7-1)45-31-18-34-50-53(45)47-37-36-44(38-52(47)57(50)43-28-14-5-15-29-43)56(42-26-12-4-13-27-42)51-35-19-33-49-54(51)46-30-16-17-32-48(46)55(49,40-22-8-2-9-23-40)41-24-10-3-11-25-41/h1-38H. The number of rotatable bonds is 7. The summed E-state index contributed by atoms with van der Waals surface area (Å²) in [6.45, 7) is 0. The summed E-state index contributed by atoms with van der Waals surface area (Å²) >= 11 is 0. The average molecular weight is 727 g/mol. The molecule has 9 aromatic carbocycles. The van der Waals surface area contributed by atoms with E-state index in [1.165, 1.54) is 60.8 Å². The van der Waals surface area contributed by atoms with Crippen LogP contribution in [0.2, 0.25) is 0 Å². The SMILES string of the molecule is c1ccc(-c2cccc3c2c2ccc(N(c4ccccc4)c4cccc5c4-c4ccccc4C5(c4ccccc4)c4ccccc4)cc2n3-c2ccccc2)cc1. The Labute approximate surface area is 333 Å². The molecule has 0 amide bonds. The van der Waals surface area contributed by atoms with E-state index in [4.69, 9.17) is 0 Å². The van der Waals surface area contributed by atoms with Crippen molar-refractivity contribution in [2.75, 3.05) is 4.90 Å². The minimum Gasteiger partial charge on any atom is -0.310 e. The second kappa shape index (κ2) is 13.4. The van der Waals surface area contributed by atoms with Crippen molar-refractivity contribution in [3.8, 4) is 27.9 Å². The maximum absolute atomic E-state index is 2.46. The summed E-state index contributed by atoms with van der Waals surface area (Å²) in [5, 5.41) is 2.48. The third kappa shape index (κ3) is 5.04. The molecule has 0 bridgehead atoms. The van der Waals surface area contributed by atoms with E-state index in [-0.39, 0.29) is 0 Å². The predicted octanol–water partition coefficient (Wildman–Crippen LogP) is 14.3. The predicted molar refractivity (Wildman–Crippen MR) is 238 cm³/mol. The number of anilines is 3. The lowest BCUT2D eigenvalue weighted by Gasteiger charge is -2.34. The molecule has 1 aliphatic rings. The topological polar surface area (TPSA) is 8.17 Å². The Morgan fingerprint density at radius 2 is 0.947 bits per heavy atom. The summed E-state index contributed by atoms with van der Waals surface area (Å²) in [5.74, 6) is 0. The van der Waals surface area contributed by atoms with Crippen LogP contribution in [-0.4, -0.2) is 4.57 Å². The first-order chi connectivity index (χ1) is 28.3. The van der Waals surface area contributed by atoms with Crippen molar-refractivity contribution >= 4 is 38.9 Å². The van der Waals surface area contributed by atoms with E-state index >= 15 is 0 Å². The number of nitrogens with zero attached hydrogens (tertiary/aromatic N) is 2. The Morgan fingerprint density at radius 3 is 1.65 bits per heavy atom. The van der Waals surface area contributed by atoms with E-state index in [1.54, 1.807) is 0 Å². The van der Waals surface area contributed by atoms with Gasteiger partial charge in [-0.2, -0.15) is 0 Å². The van der Waals surface area contributed by atoms with Gasteiger partial charge in [-0.15, -0.1) is 0 Å². The van der Waals surface area contributed by atoms with Gasteiger partial charge < -0.3 is 9.47 Å². The minimum atomic E-state index is -0.496. The monoisotopic (exact) mass is 726 g/mol. The number of para-hydroxylation sites is 2. The molecule has 0 saturated carbocycles. The van der Waals surface area contributed by atoms with Gasteiger partial charge in [0.1, 0.15) is 0 Å². The molecule has 2 nitrogen and oxygen atoms in total. The molecule has 11 rings (SSSR count). The Balaban J connectivity index is 1.22. The highest BCUT2D eigenvalue weighted by molar-refractivity contribution is 6.16. The number of hydrogen-bond acceptors (Lipinski definition) is 1. The van der Waals surface area contributed by atoms with Crippen molar-refractivity contribution in [3.63, 3.8) is 0 Å². The molecule has 10 aromatic rings. The lowest BCUT2D eigenvalue weighted by atomic mass is 9.68. The number of hydrogen-bond donors (Lipinski definition) is 0. The highest BCUT2D eigenvalue weighted by Gasteiger charge is 2.47. The van der Waals surface area contributed by atoms with Gasteiger partial charge in [0, 0.05) is 33.4 Å². The van der Waals surface area contributed by atoms with Crippen LogP contribution in [0.1, 0.15) is 22.3 Å². The molecule has 0 fully saturated rings. The summed E-state index contributed by atoms with van der Waals surface area (Å²) in [6, 6.07) is 84.2. The third-order valence-corrected chi connectivity index (χ3v) is 11.8. The van der Waals surface area contributed by atoms with Gasteiger partial charge in [0.25, 0.3) is 0 Å². The zero-order chi connectivity index (χ0) is 37.8. The number of aromatic nitrogens is 1. The van der Waals surface area contributed by atoms with Gasteiger partial charge in [-0.25, -0.2) is 0 Å². The van der Waals surface area contributed by atoms with Gasteiger partial charge in [-0.05, 0) is 87.5 Å².